The zero-order valence-electron chi connectivity index (χ0n) is 17.9. The van der Waals surface area contributed by atoms with Crippen molar-refractivity contribution in [3.8, 4) is 0 Å². The van der Waals surface area contributed by atoms with Gasteiger partial charge in [0.25, 0.3) is 15.9 Å². The first-order chi connectivity index (χ1) is 15.3. The van der Waals surface area contributed by atoms with E-state index >= 15 is 0 Å². The lowest BCUT2D eigenvalue weighted by atomic mass is 10.2. The van der Waals surface area contributed by atoms with Gasteiger partial charge in [-0.25, -0.2) is 13.1 Å². The van der Waals surface area contributed by atoms with Crippen LogP contribution < -0.4 is 9.62 Å². The molecule has 0 spiro atoms. The number of amides is 1. The van der Waals surface area contributed by atoms with Gasteiger partial charge in [0.05, 0.1) is 33.4 Å². The van der Waals surface area contributed by atoms with Crippen LogP contribution in [0.25, 0.3) is 0 Å². The standard InChI is InChI=1S/C23H25ClN4O3S/c1-3-27(18-7-5-4-6-8-18)32(30,31)19-11-12-21(24)20(15-19)23(29)26-22-13-14-25-28(22)16(2)17-9-10-17/h4-8,11-17H,3,9-10H2,1-2H3,(H,26,29)/t16-/m1/s1. The molecule has 1 aliphatic carbocycles. The van der Waals surface area contributed by atoms with Crippen molar-refractivity contribution < 1.29 is 13.2 Å². The quantitative estimate of drug-likeness (QED) is 0.501. The molecule has 0 aliphatic heterocycles. The number of anilines is 2. The number of benzene rings is 2. The molecular weight excluding hydrogens is 448 g/mol. The highest BCUT2D eigenvalue weighted by atomic mass is 35.5. The maximum atomic E-state index is 13.3. The largest absolute Gasteiger partial charge is 0.307 e. The molecule has 9 heteroatoms. The normalized spacial score (nSPS) is 14.7. The SMILES string of the molecule is CCN(c1ccccc1)S(=O)(=O)c1ccc(Cl)c(C(=O)Nc2ccnn2[C@H](C)C2CC2)c1. The molecule has 1 atom stereocenters. The topological polar surface area (TPSA) is 84.3 Å². The number of nitrogens with one attached hydrogen (secondary N) is 1. The minimum absolute atomic E-state index is 0.00221. The van der Waals surface area contributed by atoms with Gasteiger partial charge in [-0.2, -0.15) is 5.10 Å². The molecule has 168 valence electrons. The van der Waals surface area contributed by atoms with Gasteiger partial charge in [-0.3, -0.25) is 9.10 Å². The fourth-order valence-electron chi connectivity index (χ4n) is 3.75. The molecule has 1 N–H and O–H groups in total. The Morgan fingerprint density at radius 3 is 2.59 bits per heavy atom. The van der Waals surface area contributed by atoms with Crippen molar-refractivity contribution in [2.45, 2.75) is 37.6 Å². The fourth-order valence-corrected chi connectivity index (χ4v) is 5.46. The molecule has 0 unspecified atom stereocenters. The summed E-state index contributed by atoms with van der Waals surface area (Å²) < 4.78 is 29.7. The van der Waals surface area contributed by atoms with Crippen LogP contribution in [0.5, 0.6) is 0 Å². The lowest BCUT2D eigenvalue weighted by Crippen LogP contribution is -2.31. The molecule has 32 heavy (non-hydrogen) atoms. The molecule has 7 nitrogen and oxygen atoms in total. The Balaban J connectivity index is 1.63. The molecule has 0 bridgehead atoms. The Morgan fingerprint density at radius 1 is 1.22 bits per heavy atom. The average molecular weight is 473 g/mol. The molecule has 0 radical (unpaired) electrons. The van der Waals surface area contributed by atoms with Crippen LogP contribution in [0.4, 0.5) is 11.5 Å². The van der Waals surface area contributed by atoms with Gasteiger partial charge >= 0.3 is 0 Å². The maximum Gasteiger partial charge on any atom is 0.264 e. The van der Waals surface area contributed by atoms with Gasteiger partial charge in [-0.1, -0.05) is 29.8 Å². The third-order valence-electron chi connectivity index (χ3n) is 5.70. The van der Waals surface area contributed by atoms with Crippen molar-refractivity contribution in [3.63, 3.8) is 0 Å². The summed E-state index contributed by atoms with van der Waals surface area (Å²) in [4.78, 5) is 13.0. The number of nitrogens with zero attached hydrogens (tertiary/aromatic N) is 3. The summed E-state index contributed by atoms with van der Waals surface area (Å²) in [6.07, 6.45) is 3.93. The molecule has 1 amide bonds. The van der Waals surface area contributed by atoms with Crippen molar-refractivity contribution in [1.82, 2.24) is 9.78 Å². The highest BCUT2D eigenvalue weighted by Crippen LogP contribution is 2.40. The Kier molecular flexibility index (Phi) is 6.26. The predicted octanol–water partition coefficient (Wildman–Crippen LogP) is 4.98. The van der Waals surface area contributed by atoms with E-state index in [1.54, 1.807) is 48.1 Å². The number of rotatable bonds is 8. The Hall–Kier alpha value is -2.84. The first kappa shape index (κ1) is 22.4. The number of hydrogen-bond acceptors (Lipinski definition) is 4. The molecule has 1 heterocycles. The van der Waals surface area contributed by atoms with E-state index in [0.29, 0.717) is 17.4 Å². The second kappa shape index (κ2) is 8.96. The van der Waals surface area contributed by atoms with Gasteiger partial charge in [0.15, 0.2) is 0 Å². The third kappa shape index (κ3) is 4.38. The van der Waals surface area contributed by atoms with Crippen molar-refractivity contribution in [2.24, 2.45) is 5.92 Å². The van der Waals surface area contributed by atoms with E-state index in [4.69, 9.17) is 11.6 Å². The van der Waals surface area contributed by atoms with E-state index in [2.05, 4.69) is 17.3 Å². The Morgan fingerprint density at radius 2 is 1.94 bits per heavy atom. The highest BCUT2D eigenvalue weighted by molar-refractivity contribution is 7.92. The zero-order chi connectivity index (χ0) is 22.9. The van der Waals surface area contributed by atoms with Crippen molar-refractivity contribution in [1.29, 1.82) is 0 Å². The molecule has 1 aliphatic rings. The minimum Gasteiger partial charge on any atom is -0.307 e. The monoisotopic (exact) mass is 472 g/mol. The van der Waals surface area contributed by atoms with Gasteiger partial charge < -0.3 is 5.32 Å². The van der Waals surface area contributed by atoms with Crippen LogP contribution >= 0.6 is 11.6 Å². The lowest BCUT2D eigenvalue weighted by molar-refractivity contribution is 0.102. The van der Waals surface area contributed by atoms with Crippen LogP contribution in [0.2, 0.25) is 5.02 Å². The predicted molar refractivity (Wildman–Crippen MR) is 126 cm³/mol. The molecule has 0 saturated heterocycles. The summed E-state index contributed by atoms with van der Waals surface area (Å²) in [6, 6.07) is 14.9. The third-order valence-corrected chi connectivity index (χ3v) is 7.93. The first-order valence-corrected chi connectivity index (χ1v) is 12.4. The summed E-state index contributed by atoms with van der Waals surface area (Å²) >= 11 is 6.28. The van der Waals surface area contributed by atoms with E-state index in [9.17, 15) is 13.2 Å². The smallest absolute Gasteiger partial charge is 0.264 e. The second-order valence-electron chi connectivity index (χ2n) is 7.84. The van der Waals surface area contributed by atoms with E-state index in [1.165, 1.54) is 22.5 Å². The molecule has 1 aromatic heterocycles. The number of hydrogen-bond donors (Lipinski definition) is 1. The number of sulfonamides is 1. The van der Waals surface area contributed by atoms with Crippen molar-refractivity contribution >= 4 is 39.0 Å². The number of carbonyl (C=O) groups excluding carboxylic acids is 1. The van der Waals surface area contributed by atoms with E-state index in [0.717, 1.165) is 12.8 Å². The van der Waals surface area contributed by atoms with Crippen LogP contribution in [0, 0.1) is 5.92 Å². The molecule has 3 aromatic rings. The van der Waals surface area contributed by atoms with Gasteiger partial charge in [-0.05, 0) is 62.9 Å². The first-order valence-electron chi connectivity index (χ1n) is 10.5. The molecule has 1 fully saturated rings. The van der Waals surface area contributed by atoms with Gasteiger partial charge in [0.2, 0.25) is 0 Å². The summed E-state index contributed by atoms with van der Waals surface area (Å²) in [7, 11) is -3.89. The van der Waals surface area contributed by atoms with Gasteiger partial charge in [0, 0.05) is 12.6 Å². The molecule has 1 saturated carbocycles. The number of carbonyl (C=O) groups is 1. The van der Waals surface area contributed by atoms with Crippen molar-refractivity contribution in [2.75, 3.05) is 16.2 Å². The van der Waals surface area contributed by atoms with Crippen LogP contribution in [-0.2, 0) is 10.0 Å². The van der Waals surface area contributed by atoms with Gasteiger partial charge in [-0.15, -0.1) is 0 Å². The van der Waals surface area contributed by atoms with E-state index in [-0.39, 0.29) is 28.1 Å². The number of halogens is 1. The zero-order valence-corrected chi connectivity index (χ0v) is 19.5. The summed E-state index contributed by atoms with van der Waals surface area (Å²) in [5, 5.41) is 7.34. The summed E-state index contributed by atoms with van der Waals surface area (Å²) in [5.41, 5.74) is 0.637. The average Bonchev–Trinajstić information content (AvgIpc) is 3.53. The minimum atomic E-state index is -3.89. The maximum absolute atomic E-state index is 13.3. The van der Waals surface area contributed by atoms with E-state index in [1.807, 2.05) is 6.07 Å². The lowest BCUT2D eigenvalue weighted by Gasteiger charge is -2.23. The molecule has 4 rings (SSSR count). The van der Waals surface area contributed by atoms with Gasteiger partial charge in [0.1, 0.15) is 5.82 Å². The fraction of sp³-hybridized carbons (Fsp3) is 0.304. The van der Waals surface area contributed by atoms with Crippen LogP contribution in [0.1, 0.15) is 43.1 Å². The van der Waals surface area contributed by atoms with Crippen molar-refractivity contribution in [3.05, 3.63) is 71.4 Å². The summed E-state index contributed by atoms with van der Waals surface area (Å²) in [6.45, 7) is 4.08. The van der Waals surface area contributed by atoms with Crippen LogP contribution in [0.3, 0.4) is 0 Å². The van der Waals surface area contributed by atoms with Crippen LogP contribution in [-0.4, -0.2) is 30.7 Å². The Bertz CT molecular complexity index is 1220. The molecular formula is C23H25ClN4O3S. The Labute approximate surface area is 193 Å². The van der Waals surface area contributed by atoms with Crippen LogP contribution in [0.15, 0.2) is 65.7 Å². The summed E-state index contributed by atoms with van der Waals surface area (Å²) in [5.74, 6) is 0.623. The second-order valence-corrected chi connectivity index (χ2v) is 10.1. The number of aromatic nitrogens is 2. The molecule has 2 aromatic carbocycles. The van der Waals surface area contributed by atoms with E-state index < -0.39 is 15.9 Å². The highest BCUT2D eigenvalue weighted by Gasteiger charge is 2.31. The number of para-hydroxylation sites is 1.